The molecule has 1 unspecified atom stereocenters. The third-order valence-electron chi connectivity index (χ3n) is 2.75. The number of carbonyl (C=O) groups excluding carboxylic acids is 1. The highest BCUT2D eigenvalue weighted by molar-refractivity contribution is 5.94. The normalized spacial score (nSPS) is 13.8. The quantitative estimate of drug-likeness (QED) is 0.781. The Morgan fingerprint density at radius 3 is 2.79 bits per heavy atom. The lowest BCUT2D eigenvalue weighted by Gasteiger charge is -2.21. The number of furan rings is 1. The van der Waals surface area contributed by atoms with Gasteiger partial charge in [0.05, 0.1) is 12.8 Å². The summed E-state index contributed by atoms with van der Waals surface area (Å²) in [5, 5.41) is 22.1. The SMILES string of the molecule is CC(O)(CNC(=O)c1cccc(O)c1)c1ccco1. The number of hydrogen-bond acceptors (Lipinski definition) is 4. The number of aromatic hydroxyl groups is 1. The number of aliphatic hydroxyl groups is 1. The second-order valence-electron chi connectivity index (χ2n) is 4.48. The van der Waals surface area contributed by atoms with E-state index in [1.54, 1.807) is 31.2 Å². The van der Waals surface area contributed by atoms with E-state index >= 15 is 0 Å². The van der Waals surface area contributed by atoms with Crippen LogP contribution in [-0.4, -0.2) is 22.7 Å². The number of phenolic OH excluding ortho intramolecular Hbond substituents is 1. The van der Waals surface area contributed by atoms with Crippen LogP contribution in [-0.2, 0) is 5.60 Å². The zero-order valence-electron chi connectivity index (χ0n) is 10.5. The number of phenols is 1. The zero-order valence-corrected chi connectivity index (χ0v) is 10.5. The predicted molar refractivity (Wildman–Crippen MR) is 68.7 cm³/mol. The Kier molecular flexibility index (Phi) is 3.57. The van der Waals surface area contributed by atoms with Crippen LogP contribution in [0.1, 0.15) is 23.0 Å². The molecule has 1 heterocycles. The average Bonchev–Trinajstić information content (AvgIpc) is 2.90. The largest absolute Gasteiger partial charge is 0.508 e. The fraction of sp³-hybridized carbons (Fsp3) is 0.214. The Labute approximate surface area is 110 Å². The van der Waals surface area contributed by atoms with E-state index in [0.29, 0.717) is 11.3 Å². The molecular weight excluding hydrogens is 246 g/mol. The molecular formula is C14H15NO4. The van der Waals surface area contributed by atoms with E-state index in [-0.39, 0.29) is 18.2 Å². The van der Waals surface area contributed by atoms with E-state index in [1.165, 1.54) is 18.4 Å². The van der Waals surface area contributed by atoms with E-state index < -0.39 is 5.60 Å². The third kappa shape index (κ3) is 3.14. The van der Waals surface area contributed by atoms with Crippen LogP contribution in [0.3, 0.4) is 0 Å². The summed E-state index contributed by atoms with van der Waals surface area (Å²) in [4.78, 5) is 11.8. The minimum Gasteiger partial charge on any atom is -0.508 e. The van der Waals surface area contributed by atoms with Crippen molar-refractivity contribution in [3.63, 3.8) is 0 Å². The highest BCUT2D eigenvalue weighted by atomic mass is 16.4. The van der Waals surface area contributed by atoms with Crippen molar-refractivity contribution in [3.8, 4) is 5.75 Å². The molecule has 2 rings (SSSR count). The highest BCUT2D eigenvalue weighted by Gasteiger charge is 2.26. The summed E-state index contributed by atoms with van der Waals surface area (Å²) in [7, 11) is 0. The molecule has 2 aromatic rings. The van der Waals surface area contributed by atoms with Crippen molar-refractivity contribution >= 4 is 5.91 Å². The number of carbonyl (C=O) groups is 1. The van der Waals surface area contributed by atoms with Crippen LogP contribution >= 0.6 is 0 Å². The fourth-order valence-electron chi connectivity index (χ4n) is 1.67. The van der Waals surface area contributed by atoms with Gasteiger partial charge in [-0.25, -0.2) is 0 Å². The minimum atomic E-state index is -1.28. The maximum atomic E-state index is 11.8. The van der Waals surface area contributed by atoms with Gasteiger partial charge in [0.15, 0.2) is 0 Å². The first kappa shape index (κ1) is 13.2. The van der Waals surface area contributed by atoms with Crippen LogP contribution in [0.15, 0.2) is 47.1 Å². The first-order valence-corrected chi connectivity index (χ1v) is 5.82. The maximum Gasteiger partial charge on any atom is 0.251 e. The molecule has 0 aliphatic heterocycles. The molecule has 1 atom stereocenters. The van der Waals surface area contributed by atoms with Crippen molar-refractivity contribution in [2.24, 2.45) is 0 Å². The number of nitrogens with one attached hydrogen (secondary N) is 1. The standard InChI is InChI=1S/C14H15NO4/c1-14(18,12-6-3-7-19-12)9-15-13(17)10-4-2-5-11(16)8-10/h2-8,16,18H,9H2,1H3,(H,15,17). The third-order valence-corrected chi connectivity index (χ3v) is 2.75. The average molecular weight is 261 g/mol. The molecule has 0 aliphatic rings. The second-order valence-corrected chi connectivity index (χ2v) is 4.48. The summed E-state index contributed by atoms with van der Waals surface area (Å²) in [5.41, 5.74) is -0.953. The van der Waals surface area contributed by atoms with Crippen LogP contribution in [0.2, 0.25) is 0 Å². The van der Waals surface area contributed by atoms with Gasteiger partial charge < -0.3 is 19.9 Å². The summed E-state index contributed by atoms with van der Waals surface area (Å²) < 4.78 is 5.11. The van der Waals surface area contributed by atoms with Gasteiger partial charge in [-0.1, -0.05) is 6.07 Å². The number of amides is 1. The van der Waals surface area contributed by atoms with Gasteiger partial charge >= 0.3 is 0 Å². The second kappa shape index (κ2) is 5.16. The predicted octanol–water partition coefficient (Wildman–Crippen LogP) is 1.62. The lowest BCUT2D eigenvalue weighted by atomic mass is 10.0. The van der Waals surface area contributed by atoms with Crippen LogP contribution in [0.5, 0.6) is 5.75 Å². The number of benzene rings is 1. The molecule has 0 fully saturated rings. The van der Waals surface area contributed by atoms with Crippen molar-refractivity contribution in [3.05, 3.63) is 54.0 Å². The summed E-state index contributed by atoms with van der Waals surface area (Å²) >= 11 is 0. The van der Waals surface area contributed by atoms with Crippen LogP contribution in [0.4, 0.5) is 0 Å². The van der Waals surface area contributed by atoms with Crippen molar-refractivity contribution < 1.29 is 19.4 Å². The van der Waals surface area contributed by atoms with Gasteiger partial charge in [-0.2, -0.15) is 0 Å². The van der Waals surface area contributed by atoms with Crippen molar-refractivity contribution in [2.45, 2.75) is 12.5 Å². The zero-order chi connectivity index (χ0) is 13.9. The summed E-state index contributed by atoms with van der Waals surface area (Å²) in [5.74, 6) is 0.0249. The van der Waals surface area contributed by atoms with E-state index in [1.807, 2.05) is 0 Å². The molecule has 100 valence electrons. The van der Waals surface area contributed by atoms with Crippen LogP contribution in [0, 0.1) is 0 Å². The Morgan fingerprint density at radius 1 is 1.37 bits per heavy atom. The maximum absolute atomic E-state index is 11.8. The lowest BCUT2D eigenvalue weighted by molar-refractivity contribution is 0.0330. The van der Waals surface area contributed by atoms with E-state index in [2.05, 4.69) is 5.32 Å². The molecule has 1 amide bonds. The smallest absolute Gasteiger partial charge is 0.251 e. The summed E-state index contributed by atoms with van der Waals surface area (Å²) in [6.45, 7) is 1.56. The molecule has 5 nitrogen and oxygen atoms in total. The van der Waals surface area contributed by atoms with Crippen molar-refractivity contribution in [1.82, 2.24) is 5.32 Å². The van der Waals surface area contributed by atoms with Gasteiger partial charge in [0, 0.05) is 5.56 Å². The molecule has 0 aliphatic carbocycles. The minimum absolute atomic E-state index is 0.00893. The van der Waals surface area contributed by atoms with Gasteiger partial charge in [0.25, 0.3) is 5.91 Å². The fourth-order valence-corrected chi connectivity index (χ4v) is 1.67. The van der Waals surface area contributed by atoms with Crippen molar-refractivity contribution in [2.75, 3.05) is 6.54 Å². The molecule has 0 saturated carbocycles. The van der Waals surface area contributed by atoms with Gasteiger partial charge in [0.1, 0.15) is 17.1 Å². The molecule has 0 saturated heterocycles. The molecule has 1 aromatic heterocycles. The number of hydrogen-bond donors (Lipinski definition) is 3. The Hall–Kier alpha value is -2.27. The van der Waals surface area contributed by atoms with E-state index in [4.69, 9.17) is 4.42 Å². The first-order chi connectivity index (χ1) is 8.99. The monoisotopic (exact) mass is 261 g/mol. The molecule has 0 spiro atoms. The lowest BCUT2D eigenvalue weighted by Crippen LogP contribution is -2.38. The Morgan fingerprint density at radius 2 is 2.16 bits per heavy atom. The van der Waals surface area contributed by atoms with E-state index in [0.717, 1.165) is 0 Å². The van der Waals surface area contributed by atoms with Crippen molar-refractivity contribution in [1.29, 1.82) is 0 Å². The van der Waals surface area contributed by atoms with Gasteiger partial charge in [-0.05, 0) is 37.3 Å². The van der Waals surface area contributed by atoms with Crippen LogP contribution in [0.25, 0.3) is 0 Å². The van der Waals surface area contributed by atoms with Gasteiger partial charge in [-0.3, -0.25) is 4.79 Å². The summed E-state index contributed by atoms with van der Waals surface area (Å²) in [6.07, 6.45) is 1.46. The molecule has 0 bridgehead atoms. The Balaban J connectivity index is 2.01. The number of rotatable bonds is 4. The highest BCUT2D eigenvalue weighted by Crippen LogP contribution is 2.20. The molecule has 3 N–H and O–H groups in total. The molecule has 19 heavy (non-hydrogen) atoms. The van der Waals surface area contributed by atoms with Gasteiger partial charge in [0.2, 0.25) is 0 Å². The van der Waals surface area contributed by atoms with Gasteiger partial charge in [-0.15, -0.1) is 0 Å². The van der Waals surface area contributed by atoms with E-state index in [9.17, 15) is 15.0 Å². The molecule has 1 aromatic carbocycles. The molecule has 0 radical (unpaired) electrons. The first-order valence-electron chi connectivity index (χ1n) is 5.82. The van der Waals surface area contributed by atoms with Crippen LogP contribution < -0.4 is 5.32 Å². The molecule has 5 heteroatoms. The summed E-state index contributed by atoms with van der Waals surface area (Å²) in [6, 6.07) is 9.31. The topological polar surface area (TPSA) is 82.7 Å². The Bertz CT molecular complexity index is 561.